The van der Waals surface area contributed by atoms with Gasteiger partial charge in [0.25, 0.3) is 0 Å². The van der Waals surface area contributed by atoms with Gasteiger partial charge in [-0.15, -0.1) is 0 Å². The molecule has 1 N–H and O–H groups in total. The van der Waals surface area contributed by atoms with Gasteiger partial charge < -0.3 is 19.5 Å². The molecule has 1 aliphatic carbocycles. The van der Waals surface area contributed by atoms with E-state index in [2.05, 4.69) is 4.99 Å². The topological polar surface area (TPSA) is 71.4 Å². The number of hydrogen-bond donors (Lipinski definition) is 1. The third kappa shape index (κ3) is 4.66. The Kier molecular flexibility index (Phi) is 6.16. The van der Waals surface area contributed by atoms with Crippen LogP contribution in [0.4, 0.5) is 13.2 Å². The van der Waals surface area contributed by atoms with Crippen LogP contribution in [0.25, 0.3) is 0 Å². The lowest BCUT2D eigenvalue weighted by atomic mass is 9.95. The minimum atomic E-state index is -4.45. The van der Waals surface area contributed by atoms with E-state index >= 15 is 0 Å². The largest absolute Gasteiger partial charge is 0.492 e. The van der Waals surface area contributed by atoms with Gasteiger partial charge in [0.2, 0.25) is 0 Å². The lowest BCUT2D eigenvalue weighted by Gasteiger charge is -2.30. The van der Waals surface area contributed by atoms with Crippen LogP contribution >= 0.6 is 0 Å². The summed E-state index contributed by atoms with van der Waals surface area (Å²) in [4.78, 5) is 17.6. The fraction of sp³-hybridized carbons (Fsp3) is 0.379. The number of carboxylic acid groups (broad SMARTS) is 1. The minimum Gasteiger partial charge on any atom is -0.492 e. The second-order valence-electron chi connectivity index (χ2n) is 10.1. The summed E-state index contributed by atoms with van der Waals surface area (Å²) in [6.07, 6.45) is 2.82. The van der Waals surface area contributed by atoms with Gasteiger partial charge in [-0.3, -0.25) is 9.79 Å². The van der Waals surface area contributed by atoms with Crippen LogP contribution in [0.1, 0.15) is 59.1 Å². The molecule has 4 aliphatic rings. The molecule has 0 bridgehead atoms. The predicted octanol–water partition coefficient (Wildman–Crippen LogP) is 5.82. The van der Waals surface area contributed by atoms with Crippen molar-refractivity contribution in [3.05, 3.63) is 82.1 Å². The Morgan fingerprint density at radius 1 is 1.18 bits per heavy atom. The molecule has 0 amide bonds. The molecule has 38 heavy (non-hydrogen) atoms. The molecule has 0 spiro atoms. The zero-order valence-corrected chi connectivity index (χ0v) is 20.6. The summed E-state index contributed by atoms with van der Waals surface area (Å²) in [6, 6.07) is 8.08. The molecule has 0 unspecified atom stereocenters. The van der Waals surface area contributed by atoms with Gasteiger partial charge in [0, 0.05) is 54.5 Å². The van der Waals surface area contributed by atoms with E-state index in [4.69, 9.17) is 14.6 Å². The number of nitrogens with zero attached hydrogens (tertiary/aromatic N) is 2. The Bertz CT molecular complexity index is 1380. The van der Waals surface area contributed by atoms with Gasteiger partial charge in [-0.1, -0.05) is 24.3 Å². The van der Waals surface area contributed by atoms with Gasteiger partial charge in [0.05, 0.1) is 25.1 Å². The summed E-state index contributed by atoms with van der Waals surface area (Å²) in [7, 11) is 0. The normalized spacial score (nSPS) is 21.7. The van der Waals surface area contributed by atoms with Crippen LogP contribution in [0.5, 0.6) is 11.5 Å². The Hall–Kier alpha value is -3.75. The molecule has 6 rings (SSSR count). The summed E-state index contributed by atoms with van der Waals surface area (Å²) in [5.74, 6) is 0.0600. The lowest BCUT2D eigenvalue weighted by molar-refractivity contribution is -0.139. The first-order valence-corrected chi connectivity index (χ1v) is 12.8. The van der Waals surface area contributed by atoms with Crippen molar-refractivity contribution in [1.29, 1.82) is 0 Å². The number of ether oxygens (including phenoxy) is 2. The zero-order valence-electron chi connectivity index (χ0n) is 20.6. The van der Waals surface area contributed by atoms with Crippen molar-refractivity contribution in [3.8, 4) is 11.5 Å². The van der Waals surface area contributed by atoms with Crippen molar-refractivity contribution in [2.24, 2.45) is 4.99 Å². The second-order valence-corrected chi connectivity index (χ2v) is 10.1. The molecule has 198 valence electrons. The molecule has 2 aromatic carbocycles. The van der Waals surface area contributed by atoms with Crippen LogP contribution in [0.15, 0.2) is 59.2 Å². The van der Waals surface area contributed by atoms with Crippen LogP contribution in [0, 0.1) is 0 Å². The molecule has 6 nitrogen and oxygen atoms in total. The van der Waals surface area contributed by atoms with Gasteiger partial charge in [0.1, 0.15) is 17.6 Å². The summed E-state index contributed by atoms with van der Waals surface area (Å²) in [5, 5.41) is 9.12. The number of allylic oxidation sites excluding steroid dienone is 2. The average Bonchev–Trinajstić information content (AvgIpc) is 3.47. The summed E-state index contributed by atoms with van der Waals surface area (Å²) in [5.41, 5.74) is 4.02. The Balaban J connectivity index is 1.26. The molecule has 3 heterocycles. The van der Waals surface area contributed by atoms with Crippen LogP contribution < -0.4 is 9.47 Å². The smallest absolute Gasteiger partial charge is 0.416 e. The van der Waals surface area contributed by atoms with Crippen molar-refractivity contribution in [2.45, 2.75) is 50.4 Å². The number of carbonyl (C=O) groups is 1. The molecule has 3 aliphatic heterocycles. The van der Waals surface area contributed by atoms with Gasteiger partial charge >= 0.3 is 12.1 Å². The van der Waals surface area contributed by atoms with E-state index in [1.807, 2.05) is 29.3 Å². The molecule has 2 atom stereocenters. The number of alkyl halides is 3. The van der Waals surface area contributed by atoms with Gasteiger partial charge in [-0.25, -0.2) is 0 Å². The zero-order chi connectivity index (χ0) is 26.4. The number of rotatable bonds is 6. The molecular formula is C29H27F3N2O4. The van der Waals surface area contributed by atoms with Crippen molar-refractivity contribution >= 4 is 11.7 Å². The number of aliphatic carboxylic acids is 1. The maximum absolute atomic E-state index is 14.1. The number of fused-ring (bicyclic) bond motifs is 3. The molecule has 0 saturated heterocycles. The molecule has 0 fully saturated rings. The molecule has 0 saturated carbocycles. The number of hydrogen-bond acceptors (Lipinski definition) is 5. The van der Waals surface area contributed by atoms with Crippen molar-refractivity contribution < 1.29 is 32.5 Å². The SMILES string of the molecule is O=C(O)C[C@@H]1COc2cc(O[C@@H]3CCc4c3ccc(C(F)(F)F)c4CN3C=C4C=CCN=C4CC3)ccc21. The highest BCUT2D eigenvalue weighted by molar-refractivity contribution is 6.03. The molecule has 2 aromatic rings. The average molecular weight is 525 g/mol. The first-order chi connectivity index (χ1) is 18.3. The van der Waals surface area contributed by atoms with E-state index in [0.29, 0.717) is 61.6 Å². The maximum Gasteiger partial charge on any atom is 0.416 e. The van der Waals surface area contributed by atoms with E-state index in [9.17, 15) is 18.0 Å². The van der Waals surface area contributed by atoms with Crippen LogP contribution in [0.2, 0.25) is 0 Å². The van der Waals surface area contributed by atoms with E-state index in [1.54, 1.807) is 18.2 Å². The van der Waals surface area contributed by atoms with E-state index in [1.165, 1.54) is 6.07 Å². The molecular weight excluding hydrogens is 497 g/mol. The van der Waals surface area contributed by atoms with E-state index in [0.717, 1.165) is 22.4 Å². The van der Waals surface area contributed by atoms with E-state index < -0.39 is 17.7 Å². The predicted molar refractivity (Wildman–Crippen MR) is 135 cm³/mol. The highest BCUT2D eigenvalue weighted by Crippen LogP contribution is 2.44. The number of dihydropyridines is 1. The van der Waals surface area contributed by atoms with Gasteiger partial charge in [0.15, 0.2) is 0 Å². The quantitative estimate of drug-likeness (QED) is 0.516. The van der Waals surface area contributed by atoms with Gasteiger partial charge in [-0.2, -0.15) is 13.2 Å². The number of carboxylic acids is 1. The summed E-state index contributed by atoms with van der Waals surface area (Å²) < 4.78 is 54.2. The van der Waals surface area contributed by atoms with Crippen LogP contribution in [0.3, 0.4) is 0 Å². The molecule has 0 radical (unpaired) electrons. The van der Waals surface area contributed by atoms with E-state index in [-0.39, 0.29) is 25.0 Å². The standard InChI is InChI=1S/C29H27F3N2O4/c30-29(31,32)24-7-5-22-21(23(24)15-34-11-9-25-17(14-34)2-1-10-33-25)6-8-26(22)38-19-3-4-20-18(12-28(35)36)16-37-27(20)13-19/h1-5,7,13-14,18,26H,6,8-12,15-16H2,(H,35,36)/t18-,26-/m1/s1. The second kappa shape index (κ2) is 9.53. The first-order valence-electron chi connectivity index (χ1n) is 12.8. The third-order valence-electron chi connectivity index (χ3n) is 7.68. The van der Waals surface area contributed by atoms with Crippen molar-refractivity contribution in [3.63, 3.8) is 0 Å². The van der Waals surface area contributed by atoms with Crippen LogP contribution in [-0.2, 0) is 23.9 Å². The summed E-state index contributed by atoms with van der Waals surface area (Å²) in [6.45, 7) is 1.75. The highest BCUT2D eigenvalue weighted by Gasteiger charge is 2.38. The Labute approximate surface area is 218 Å². The van der Waals surface area contributed by atoms with Gasteiger partial charge in [-0.05, 0) is 41.7 Å². The lowest BCUT2D eigenvalue weighted by Crippen LogP contribution is -2.29. The minimum absolute atomic E-state index is 0.00831. The van der Waals surface area contributed by atoms with Crippen molar-refractivity contribution in [1.82, 2.24) is 4.90 Å². The summed E-state index contributed by atoms with van der Waals surface area (Å²) >= 11 is 0. The fourth-order valence-electron chi connectivity index (χ4n) is 5.89. The molecule has 0 aromatic heterocycles. The molecule has 9 heteroatoms. The van der Waals surface area contributed by atoms with Crippen LogP contribution in [-0.4, -0.2) is 41.4 Å². The highest BCUT2D eigenvalue weighted by atomic mass is 19.4. The number of aliphatic imine (C=N–C) groups is 1. The fourth-order valence-corrected chi connectivity index (χ4v) is 5.89. The monoisotopic (exact) mass is 524 g/mol. The first kappa shape index (κ1) is 24.6. The third-order valence-corrected chi connectivity index (χ3v) is 7.68. The number of halogens is 3. The Morgan fingerprint density at radius 3 is 2.84 bits per heavy atom. The number of benzene rings is 2. The maximum atomic E-state index is 14.1. The van der Waals surface area contributed by atoms with Crippen molar-refractivity contribution in [2.75, 3.05) is 19.7 Å². The Morgan fingerprint density at radius 2 is 2.03 bits per heavy atom.